The Bertz CT molecular complexity index is 651. The van der Waals surface area contributed by atoms with Crippen LogP contribution in [0.15, 0.2) is 24.3 Å². The van der Waals surface area contributed by atoms with Gasteiger partial charge in [-0.2, -0.15) is 0 Å². The lowest BCUT2D eigenvalue weighted by molar-refractivity contribution is -0.162. The van der Waals surface area contributed by atoms with Crippen molar-refractivity contribution in [2.75, 3.05) is 6.61 Å². The largest absolute Gasteiger partial charge is 0.466 e. The van der Waals surface area contributed by atoms with Crippen LogP contribution in [0.5, 0.6) is 0 Å². The Hall–Kier alpha value is -2.35. The van der Waals surface area contributed by atoms with E-state index in [0.717, 1.165) is 19.3 Å². The van der Waals surface area contributed by atoms with Crippen LogP contribution in [0.4, 0.5) is 4.39 Å². The van der Waals surface area contributed by atoms with Crippen LogP contribution in [0.3, 0.4) is 0 Å². The molecule has 0 bridgehead atoms. The summed E-state index contributed by atoms with van der Waals surface area (Å²) < 4.78 is 24.0. The first-order valence-corrected chi connectivity index (χ1v) is 8.20. The Labute approximate surface area is 141 Å². The number of carbonyl (C=O) groups excluding carboxylic acids is 2. The van der Waals surface area contributed by atoms with Gasteiger partial charge >= 0.3 is 11.9 Å². The summed E-state index contributed by atoms with van der Waals surface area (Å²) in [5.74, 6) is 4.05. The minimum absolute atomic E-state index is 0.213. The van der Waals surface area contributed by atoms with Crippen molar-refractivity contribution < 1.29 is 23.5 Å². The average Bonchev–Trinajstić information content (AvgIpc) is 2.55. The lowest BCUT2D eigenvalue weighted by Gasteiger charge is -2.32. The summed E-state index contributed by atoms with van der Waals surface area (Å²) in [6.45, 7) is 1.89. The molecule has 0 heterocycles. The Balaban J connectivity index is 2.14. The standard InChI is InChI=1S/C19H21FO4/c1-2-23-17(21)14-18(22)24-19(11-6-3-7-12-19)13-10-15-8-4-5-9-16(15)20/h4-5,8-9H,2-3,6-7,11-12,14H2,1H3. The Kier molecular flexibility index (Phi) is 6.36. The molecule has 128 valence electrons. The SMILES string of the molecule is CCOC(=O)CC(=O)OC1(C#Cc2ccccc2F)CCCCC1. The summed E-state index contributed by atoms with van der Waals surface area (Å²) in [4.78, 5) is 23.4. The molecule has 1 saturated carbocycles. The number of ether oxygens (including phenoxy) is 2. The van der Waals surface area contributed by atoms with Gasteiger partial charge in [0.25, 0.3) is 0 Å². The summed E-state index contributed by atoms with van der Waals surface area (Å²) in [7, 11) is 0. The number of hydrogen-bond acceptors (Lipinski definition) is 4. The van der Waals surface area contributed by atoms with Crippen molar-refractivity contribution in [1.29, 1.82) is 0 Å². The summed E-state index contributed by atoms with van der Waals surface area (Å²) in [6, 6.07) is 6.22. The van der Waals surface area contributed by atoms with Crippen LogP contribution in [0.1, 0.15) is 51.0 Å². The molecule has 1 aliphatic rings. The molecular weight excluding hydrogens is 311 g/mol. The fraction of sp³-hybridized carbons (Fsp3) is 0.474. The van der Waals surface area contributed by atoms with Crippen LogP contribution in [0, 0.1) is 17.7 Å². The third kappa shape index (κ3) is 5.09. The zero-order valence-electron chi connectivity index (χ0n) is 13.8. The van der Waals surface area contributed by atoms with Crippen molar-refractivity contribution in [3.8, 4) is 11.8 Å². The smallest absolute Gasteiger partial charge is 0.318 e. The van der Waals surface area contributed by atoms with E-state index in [1.54, 1.807) is 25.1 Å². The molecule has 0 N–H and O–H groups in total. The van der Waals surface area contributed by atoms with E-state index in [-0.39, 0.29) is 12.2 Å². The minimum Gasteiger partial charge on any atom is -0.466 e. The quantitative estimate of drug-likeness (QED) is 0.482. The Morgan fingerprint density at radius 2 is 1.88 bits per heavy atom. The van der Waals surface area contributed by atoms with E-state index in [1.807, 2.05) is 0 Å². The van der Waals surface area contributed by atoms with Crippen LogP contribution in [0.2, 0.25) is 0 Å². The van der Waals surface area contributed by atoms with Gasteiger partial charge in [-0.15, -0.1) is 0 Å². The highest BCUT2D eigenvalue weighted by atomic mass is 19.1. The molecule has 4 nitrogen and oxygen atoms in total. The highest BCUT2D eigenvalue weighted by Gasteiger charge is 2.34. The van der Waals surface area contributed by atoms with Crippen molar-refractivity contribution >= 4 is 11.9 Å². The van der Waals surface area contributed by atoms with Gasteiger partial charge in [-0.1, -0.05) is 24.5 Å². The lowest BCUT2D eigenvalue weighted by Crippen LogP contribution is -2.36. The predicted octanol–water partition coefficient (Wildman–Crippen LogP) is 3.38. The average molecular weight is 332 g/mol. The second-order valence-electron chi connectivity index (χ2n) is 5.74. The maximum atomic E-state index is 13.7. The first-order valence-electron chi connectivity index (χ1n) is 8.20. The Morgan fingerprint density at radius 3 is 2.54 bits per heavy atom. The van der Waals surface area contributed by atoms with Crippen molar-refractivity contribution in [3.63, 3.8) is 0 Å². The molecule has 2 rings (SSSR count). The molecule has 1 aromatic carbocycles. The van der Waals surface area contributed by atoms with Gasteiger partial charge in [0.2, 0.25) is 0 Å². The van der Waals surface area contributed by atoms with Crippen molar-refractivity contribution in [3.05, 3.63) is 35.6 Å². The first kappa shape index (κ1) is 18.0. The van der Waals surface area contributed by atoms with E-state index in [4.69, 9.17) is 9.47 Å². The number of rotatable bonds is 4. The highest BCUT2D eigenvalue weighted by Crippen LogP contribution is 2.31. The molecule has 0 aromatic heterocycles. The zero-order valence-corrected chi connectivity index (χ0v) is 13.8. The predicted molar refractivity (Wildman–Crippen MR) is 86.4 cm³/mol. The lowest BCUT2D eigenvalue weighted by atomic mass is 9.85. The number of halogens is 1. The molecule has 0 atom stereocenters. The normalized spacial score (nSPS) is 15.8. The van der Waals surface area contributed by atoms with Gasteiger partial charge in [0.15, 0.2) is 5.60 Å². The fourth-order valence-corrected chi connectivity index (χ4v) is 2.70. The molecule has 24 heavy (non-hydrogen) atoms. The maximum Gasteiger partial charge on any atom is 0.318 e. The summed E-state index contributed by atoms with van der Waals surface area (Å²) in [5.41, 5.74) is -0.687. The van der Waals surface area contributed by atoms with E-state index in [0.29, 0.717) is 12.8 Å². The van der Waals surface area contributed by atoms with Crippen molar-refractivity contribution in [1.82, 2.24) is 0 Å². The van der Waals surface area contributed by atoms with Gasteiger partial charge in [0.05, 0.1) is 12.2 Å². The molecule has 0 saturated heterocycles. The second kappa shape index (κ2) is 8.49. The maximum absolute atomic E-state index is 13.7. The van der Waals surface area contributed by atoms with Gasteiger partial charge < -0.3 is 9.47 Å². The molecule has 0 unspecified atom stereocenters. The van der Waals surface area contributed by atoms with Crippen molar-refractivity contribution in [2.45, 2.75) is 51.0 Å². The fourth-order valence-electron chi connectivity index (χ4n) is 2.70. The van der Waals surface area contributed by atoms with Gasteiger partial charge in [-0.25, -0.2) is 4.39 Å². The molecule has 5 heteroatoms. The monoisotopic (exact) mass is 332 g/mol. The van der Waals surface area contributed by atoms with E-state index >= 15 is 0 Å². The van der Waals surface area contributed by atoms with Crippen LogP contribution in [0.25, 0.3) is 0 Å². The molecule has 0 radical (unpaired) electrons. The molecule has 0 aliphatic heterocycles. The second-order valence-corrected chi connectivity index (χ2v) is 5.74. The molecule has 1 aliphatic carbocycles. The van der Waals surface area contributed by atoms with E-state index < -0.39 is 29.8 Å². The minimum atomic E-state index is -0.954. The number of esters is 2. The van der Waals surface area contributed by atoms with E-state index in [9.17, 15) is 14.0 Å². The van der Waals surface area contributed by atoms with Crippen molar-refractivity contribution in [2.24, 2.45) is 0 Å². The topological polar surface area (TPSA) is 52.6 Å². The van der Waals surface area contributed by atoms with Crippen LogP contribution in [-0.4, -0.2) is 24.1 Å². The summed E-state index contributed by atoms with van der Waals surface area (Å²) >= 11 is 0. The number of benzene rings is 1. The van der Waals surface area contributed by atoms with Crippen LogP contribution in [-0.2, 0) is 19.1 Å². The zero-order chi connectivity index (χ0) is 17.4. The molecule has 1 fully saturated rings. The summed E-state index contributed by atoms with van der Waals surface area (Å²) in [5, 5.41) is 0. The van der Waals surface area contributed by atoms with Crippen LogP contribution < -0.4 is 0 Å². The Morgan fingerprint density at radius 1 is 1.17 bits per heavy atom. The molecule has 0 amide bonds. The third-order valence-corrected chi connectivity index (χ3v) is 3.86. The molecule has 0 spiro atoms. The van der Waals surface area contributed by atoms with Crippen LogP contribution >= 0.6 is 0 Å². The van der Waals surface area contributed by atoms with Gasteiger partial charge in [0, 0.05) is 0 Å². The van der Waals surface area contributed by atoms with Gasteiger partial charge in [-0.05, 0) is 50.7 Å². The first-order chi connectivity index (χ1) is 11.5. The van der Waals surface area contributed by atoms with Gasteiger partial charge in [0.1, 0.15) is 12.2 Å². The number of carbonyl (C=O) groups is 2. The molecular formula is C19H21FO4. The highest BCUT2D eigenvalue weighted by molar-refractivity contribution is 5.91. The van der Waals surface area contributed by atoms with E-state index in [2.05, 4.69) is 11.8 Å². The third-order valence-electron chi connectivity index (χ3n) is 3.86. The molecule has 1 aromatic rings. The van der Waals surface area contributed by atoms with Gasteiger partial charge in [-0.3, -0.25) is 9.59 Å². The summed E-state index contributed by atoms with van der Waals surface area (Å²) in [6.07, 6.45) is 3.53. The number of hydrogen-bond donors (Lipinski definition) is 0. The van der Waals surface area contributed by atoms with E-state index in [1.165, 1.54) is 6.07 Å².